The van der Waals surface area contributed by atoms with Crippen LogP contribution in [0.2, 0.25) is 0 Å². The average molecular weight is 180 g/mol. The molecule has 1 atom stereocenters. The predicted octanol–water partition coefficient (Wildman–Crippen LogP) is 1.81. The molecule has 3 N–H and O–H groups in total. The first-order valence-electron chi connectivity index (χ1n) is 5.26. The fraction of sp³-hybridized carbons (Fsp3) is 0.818. The third kappa shape index (κ3) is 3.80. The van der Waals surface area contributed by atoms with Gasteiger partial charge in [0.25, 0.3) is 0 Å². The quantitative estimate of drug-likeness (QED) is 0.393. The monoisotopic (exact) mass is 180 g/mol. The smallest absolute Gasteiger partial charge is 0.0322 e. The molecule has 2 nitrogen and oxygen atoms in total. The zero-order valence-electron chi connectivity index (χ0n) is 8.26. The second-order valence-electron chi connectivity index (χ2n) is 4.01. The maximum absolute atomic E-state index is 5.43. The van der Waals surface area contributed by atoms with Crippen molar-refractivity contribution in [2.75, 3.05) is 0 Å². The van der Waals surface area contributed by atoms with Crippen LogP contribution in [0.4, 0.5) is 0 Å². The molecule has 0 aromatic heterocycles. The minimum absolute atomic E-state index is 0.327. The summed E-state index contributed by atoms with van der Waals surface area (Å²) in [5.41, 5.74) is 2.81. The Labute approximate surface area is 81.2 Å². The first-order chi connectivity index (χ1) is 6.36. The van der Waals surface area contributed by atoms with Crippen molar-refractivity contribution < 1.29 is 0 Å². The molecule has 0 aromatic rings. The number of terminal acetylenes is 1. The third-order valence-electron chi connectivity index (χ3n) is 2.94. The van der Waals surface area contributed by atoms with Crippen molar-refractivity contribution in [3.8, 4) is 12.3 Å². The van der Waals surface area contributed by atoms with Crippen molar-refractivity contribution in [3.63, 3.8) is 0 Å². The minimum atomic E-state index is 0.327. The van der Waals surface area contributed by atoms with Crippen molar-refractivity contribution in [1.29, 1.82) is 0 Å². The summed E-state index contributed by atoms with van der Waals surface area (Å²) in [6.07, 6.45) is 14.1. The fourth-order valence-electron chi connectivity index (χ4n) is 2.18. The third-order valence-corrected chi connectivity index (χ3v) is 2.94. The van der Waals surface area contributed by atoms with Gasteiger partial charge >= 0.3 is 0 Å². The highest BCUT2D eigenvalue weighted by Crippen LogP contribution is 2.27. The average Bonchev–Trinajstić information content (AvgIpc) is 2.19. The summed E-state index contributed by atoms with van der Waals surface area (Å²) < 4.78 is 0. The molecule has 1 aliphatic rings. The number of hydrogen-bond acceptors (Lipinski definition) is 2. The summed E-state index contributed by atoms with van der Waals surface area (Å²) in [7, 11) is 0. The highest BCUT2D eigenvalue weighted by molar-refractivity contribution is 4.90. The van der Waals surface area contributed by atoms with E-state index in [1.807, 2.05) is 0 Å². The van der Waals surface area contributed by atoms with E-state index in [1.54, 1.807) is 0 Å². The van der Waals surface area contributed by atoms with Gasteiger partial charge in [0.15, 0.2) is 0 Å². The maximum atomic E-state index is 5.43. The number of hydrogen-bond donors (Lipinski definition) is 2. The zero-order chi connectivity index (χ0) is 9.52. The van der Waals surface area contributed by atoms with E-state index in [2.05, 4.69) is 11.3 Å². The van der Waals surface area contributed by atoms with E-state index >= 15 is 0 Å². The van der Waals surface area contributed by atoms with E-state index in [0.717, 1.165) is 18.8 Å². The van der Waals surface area contributed by atoms with E-state index in [-0.39, 0.29) is 0 Å². The van der Waals surface area contributed by atoms with Gasteiger partial charge in [-0.25, -0.2) is 0 Å². The summed E-state index contributed by atoms with van der Waals surface area (Å²) in [6, 6.07) is 0.327. The van der Waals surface area contributed by atoms with Crippen LogP contribution in [-0.2, 0) is 0 Å². The van der Waals surface area contributed by atoms with Crippen LogP contribution < -0.4 is 11.3 Å². The van der Waals surface area contributed by atoms with Gasteiger partial charge < -0.3 is 0 Å². The van der Waals surface area contributed by atoms with Crippen molar-refractivity contribution in [2.45, 2.75) is 51.0 Å². The highest BCUT2D eigenvalue weighted by Gasteiger charge is 2.17. The van der Waals surface area contributed by atoms with Crippen molar-refractivity contribution in [3.05, 3.63) is 0 Å². The number of nitrogens with one attached hydrogen (secondary N) is 1. The van der Waals surface area contributed by atoms with Crippen LogP contribution in [0.5, 0.6) is 0 Å². The fourth-order valence-corrected chi connectivity index (χ4v) is 2.18. The van der Waals surface area contributed by atoms with Gasteiger partial charge in [0, 0.05) is 12.5 Å². The first kappa shape index (κ1) is 10.6. The highest BCUT2D eigenvalue weighted by atomic mass is 15.2. The van der Waals surface area contributed by atoms with E-state index in [0.29, 0.717) is 6.04 Å². The SMILES string of the molecule is C#CCC(CC1CCCCC1)NN. The summed E-state index contributed by atoms with van der Waals surface area (Å²) in [5, 5.41) is 0. The Morgan fingerprint density at radius 2 is 2.08 bits per heavy atom. The molecule has 1 fully saturated rings. The molecule has 0 heterocycles. The Morgan fingerprint density at radius 1 is 1.38 bits per heavy atom. The normalized spacial score (nSPS) is 20.9. The summed E-state index contributed by atoms with van der Waals surface area (Å²) >= 11 is 0. The van der Waals surface area contributed by atoms with E-state index in [1.165, 1.54) is 32.1 Å². The molecule has 0 aliphatic heterocycles. The topological polar surface area (TPSA) is 38.0 Å². The number of hydrazine groups is 1. The molecular weight excluding hydrogens is 160 g/mol. The molecule has 0 radical (unpaired) electrons. The van der Waals surface area contributed by atoms with Crippen LogP contribution >= 0.6 is 0 Å². The van der Waals surface area contributed by atoms with Crippen LogP contribution in [0.1, 0.15) is 44.9 Å². The van der Waals surface area contributed by atoms with Gasteiger partial charge in [-0.1, -0.05) is 32.1 Å². The second-order valence-corrected chi connectivity index (χ2v) is 4.01. The van der Waals surface area contributed by atoms with Crippen molar-refractivity contribution >= 4 is 0 Å². The minimum Gasteiger partial charge on any atom is -0.271 e. The Balaban J connectivity index is 2.23. The zero-order valence-corrected chi connectivity index (χ0v) is 8.26. The lowest BCUT2D eigenvalue weighted by Crippen LogP contribution is -2.36. The Morgan fingerprint density at radius 3 is 2.62 bits per heavy atom. The Kier molecular flexibility index (Phi) is 4.88. The molecule has 1 unspecified atom stereocenters. The van der Waals surface area contributed by atoms with Gasteiger partial charge in [-0.05, 0) is 12.3 Å². The van der Waals surface area contributed by atoms with Crippen LogP contribution in [-0.4, -0.2) is 6.04 Å². The van der Waals surface area contributed by atoms with Gasteiger partial charge in [0.05, 0.1) is 0 Å². The van der Waals surface area contributed by atoms with E-state index in [9.17, 15) is 0 Å². The molecule has 1 rings (SSSR count). The Bertz CT molecular complexity index is 165. The molecule has 0 amide bonds. The maximum Gasteiger partial charge on any atom is 0.0322 e. The lowest BCUT2D eigenvalue weighted by Gasteiger charge is -2.25. The summed E-state index contributed by atoms with van der Waals surface area (Å²) in [6.45, 7) is 0. The standard InChI is InChI=1S/C11H20N2/c1-2-6-11(13-12)9-10-7-4-3-5-8-10/h1,10-11,13H,3-9,12H2. The molecule has 74 valence electrons. The molecule has 0 spiro atoms. The van der Waals surface area contributed by atoms with Crippen molar-refractivity contribution in [2.24, 2.45) is 11.8 Å². The van der Waals surface area contributed by atoms with Gasteiger partial charge in [0.1, 0.15) is 0 Å². The molecule has 1 saturated carbocycles. The van der Waals surface area contributed by atoms with E-state index < -0.39 is 0 Å². The molecule has 0 bridgehead atoms. The lowest BCUT2D eigenvalue weighted by molar-refractivity contribution is 0.300. The molecule has 0 saturated heterocycles. The lowest BCUT2D eigenvalue weighted by atomic mass is 9.84. The van der Waals surface area contributed by atoms with Gasteiger partial charge in [-0.3, -0.25) is 11.3 Å². The van der Waals surface area contributed by atoms with E-state index in [4.69, 9.17) is 12.3 Å². The predicted molar refractivity (Wildman–Crippen MR) is 55.8 cm³/mol. The van der Waals surface area contributed by atoms with Crippen molar-refractivity contribution in [1.82, 2.24) is 5.43 Å². The van der Waals surface area contributed by atoms with Crippen LogP contribution in [0.25, 0.3) is 0 Å². The summed E-state index contributed by atoms with van der Waals surface area (Å²) in [5.74, 6) is 8.95. The molecule has 13 heavy (non-hydrogen) atoms. The van der Waals surface area contributed by atoms with Crippen LogP contribution in [0, 0.1) is 18.3 Å². The van der Waals surface area contributed by atoms with Gasteiger partial charge in [-0.15, -0.1) is 12.3 Å². The molecular formula is C11H20N2. The van der Waals surface area contributed by atoms with Crippen LogP contribution in [0.3, 0.4) is 0 Å². The number of nitrogens with two attached hydrogens (primary N) is 1. The van der Waals surface area contributed by atoms with Crippen LogP contribution in [0.15, 0.2) is 0 Å². The number of rotatable bonds is 4. The second kappa shape index (κ2) is 6.01. The first-order valence-corrected chi connectivity index (χ1v) is 5.26. The molecule has 1 aliphatic carbocycles. The largest absolute Gasteiger partial charge is 0.271 e. The molecule has 0 aromatic carbocycles. The summed E-state index contributed by atoms with van der Waals surface area (Å²) in [4.78, 5) is 0. The van der Waals surface area contributed by atoms with Gasteiger partial charge in [0.2, 0.25) is 0 Å². The Hall–Kier alpha value is -0.520. The van der Waals surface area contributed by atoms with Gasteiger partial charge in [-0.2, -0.15) is 0 Å². The molecule has 2 heteroatoms.